The Morgan fingerprint density at radius 3 is 2.80 bits per heavy atom. The van der Waals surface area contributed by atoms with Crippen molar-refractivity contribution in [3.8, 4) is 18.1 Å². The molecule has 0 aromatic heterocycles. The van der Waals surface area contributed by atoms with E-state index in [-0.39, 0.29) is 6.42 Å². The van der Waals surface area contributed by atoms with Crippen molar-refractivity contribution in [2.24, 2.45) is 0 Å². The van der Waals surface area contributed by atoms with Gasteiger partial charge in [-0.1, -0.05) is 11.6 Å². The van der Waals surface area contributed by atoms with Gasteiger partial charge < -0.3 is 20.5 Å². The predicted octanol–water partition coefficient (Wildman–Crippen LogP) is 1.95. The zero-order chi connectivity index (χ0) is 15.1. The topological polar surface area (TPSA) is 87.7 Å². The number of aliphatic carboxylic acids is 1. The van der Waals surface area contributed by atoms with Gasteiger partial charge in [0.25, 0.3) is 0 Å². The number of carboxylic acids is 1. The summed E-state index contributed by atoms with van der Waals surface area (Å²) in [6, 6.07) is 2.78. The molecular formula is C13H13ClN2O4. The van der Waals surface area contributed by atoms with E-state index in [0.29, 0.717) is 16.5 Å². The first kappa shape index (κ1) is 15.7. The molecule has 0 radical (unpaired) electrons. The molecule has 7 heteroatoms. The van der Waals surface area contributed by atoms with E-state index in [0.717, 1.165) is 0 Å². The minimum absolute atomic E-state index is 0.116. The molecular weight excluding hydrogens is 284 g/mol. The number of hydrogen-bond acceptors (Lipinski definition) is 3. The van der Waals surface area contributed by atoms with Crippen LogP contribution in [-0.2, 0) is 4.79 Å². The van der Waals surface area contributed by atoms with Crippen LogP contribution in [0.2, 0.25) is 5.02 Å². The normalized spacial score (nSPS) is 11.1. The van der Waals surface area contributed by atoms with Crippen LogP contribution in [-0.4, -0.2) is 30.3 Å². The van der Waals surface area contributed by atoms with Crippen LogP contribution in [0.25, 0.3) is 0 Å². The number of rotatable bonds is 5. The number of carbonyl (C=O) groups excluding carboxylic acids is 1. The van der Waals surface area contributed by atoms with Crippen molar-refractivity contribution in [2.45, 2.75) is 12.5 Å². The molecule has 1 atom stereocenters. The summed E-state index contributed by atoms with van der Waals surface area (Å²) in [6.45, 7) is 0. The molecule has 1 unspecified atom stereocenters. The quantitative estimate of drug-likeness (QED) is 0.725. The number of hydrogen-bond donors (Lipinski definition) is 3. The summed E-state index contributed by atoms with van der Waals surface area (Å²) in [6.07, 6.45) is 4.92. The van der Waals surface area contributed by atoms with Crippen molar-refractivity contribution in [1.29, 1.82) is 0 Å². The molecule has 0 saturated heterocycles. The van der Waals surface area contributed by atoms with E-state index in [2.05, 4.69) is 16.6 Å². The minimum atomic E-state index is -1.21. The second kappa shape index (κ2) is 7.26. The Morgan fingerprint density at radius 1 is 1.55 bits per heavy atom. The van der Waals surface area contributed by atoms with Crippen LogP contribution in [0.3, 0.4) is 0 Å². The highest BCUT2D eigenvalue weighted by Gasteiger charge is 2.19. The lowest BCUT2D eigenvalue weighted by molar-refractivity contribution is -0.139. The zero-order valence-corrected chi connectivity index (χ0v) is 11.4. The molecule has 2 amide bonds. The third-order valence-corrected chi connectivity index (χ3v) is 2.57. The molecule has 0 aliphatic rings. The van der Waals surface area contributed by atoms with Crippen molar-refractivity contribution < 1.29 is 19.4 Å². The summed E-state index contributed by atoms with van der Waals surface area (Å²) >= 11 is 5.82. The van der Waals surface area contributed by atoms with E-state index in [1.165, 1.54) is 13.2 Å². The molecule has 0 aliphatic carbocycles. The molecule has 0 saturated carbocycles. The number of methoxy groups -OCH3 is 1. The zero-order valence-electron chi connectivity index (χ0n) is 10.6. The number of carbonyl (C=O) groups is 2. The fourth-order valence-corrected chi connectivity index (χ4v) is 1.58. The molecule has 3 N–H and O–H groups in total. The fraction of sp³-hybridized carbons (Fsp3) is 0.231. The van der Waals surface area contributed by atoms with E-state index >= 15 is 0 Å². The van der Waals surface area contributed by atoms with Crippen molar-refractivity contribution in [1.82, 2.24) is 5.32 Å². The van der Waals surface area contributed by atoms with Gasteiger partial charge in [-0.15, -0.1) is 12.3 Å². The maximum atomic E-state index is 11.7. The van der Waals surface area contributed by atoms with Gasteiger partial charge in [0.05, 0.1) is 12.8 Å². The highest BCUT2D eigenvalue weighted by atomic mass is 35.5. The largest absolute Gasteiger partial charge is 0.495 e. The summed E-state index contributed by atoms with van der Waals surface area (Å²) in [5.74, 6) is 1.37. The van der Waals surface area contributed by atoms with Gasteiger partial charge in [0.15, 0.2) is 0 Å². The minimum Gasteiger partial charge on any atom is -0.495 e. The summed E-state index contributed by atoms with van der Waals surface area (Å²) in [7, 11) is 1.44. The molecule has 0 heterocycles. The van der Waals surface area contributed by atoms with E-state index in [1.807, 2.05) is 0 Å². The lowest BCUT2D eigenvalue weighted by Gasteiger charge is -2.14. The Morgan fingerprint density at radius 2 is 2.25 bits per heavy atom. The van der Waals surface area contributed by atoms with Gasteiger partial charge in [0.2, 0.25) is 0 Å². The van der Waals surface area contributed by atoms with Crippen LogP contribution in [0.5, 0.6) is 5.75 Å². The predicted molar refractivity (Wildman–Crippen MR) is 75.0 cm³/mol. The van der Waals surface area contributed by atoms with Crippen LogP contribution >= 0.6 is 11.6 Å². The lowest BCUT2D eigenvalue weighted by Crippen LogP contribution is -2.42. The first-order valence-corrected chi connectivity index (χ1v) is 5.93. The smallest absolute Gasteiger partial charge is 0.327 e. The number of benzene rings is 1. The Kier molecular flexibility index (Phi) is 5.69. The SMILES string of the molecule is C#CCC(NC(=O)Nc1cc(Cl)ccc1OC)C(=O)O. The first-order chi connectivity index (χ1) is 9.47. The number of carboxylic acid groups (broad SMARTS) is 1. The number of halogens is 1. The first-order valence-electron chi connectivity index (χ1n) is 5.55. The number of ether oxygens (including phenoxy) is 1. The number of nitrogens with one attached hydrogen (secondary N) is 2. The van der Waals surface area contributed by atoms with Crippen molar-refractivity contribution in [3.63, 3.8) is 0 Å². The number of anilines is 1. The Bertz CT molecular complexity index is 554. The van der Waals surface area contributed by atoms with Gasteiger partial charge in [0.1, 0.15) is 11.8 Å². The van der Waals surface area contributed by atoms with E-state index in [9.17, 15) is 9.59 Å². The highest BCUT2D eigenvalue weighted by Crippen LogP contribution is 2.27. The summed E-state index contributed by atoms with van der Waals surface area (Å²) in [5.41, 5.74) is 0.322. The maximum Gasteiger partial charge on any atom is 0.327 e. The van der Waals surface area contributed by atoms with Crippen molar-refractivity contribution in [2.75, 3.05) is 12.4 Å². The second-order valence-corrected chi connectivity index (χ2v) is 4.18. The van der Waals surface area contributed by atoms with Crippen LogP contribution in [0.15, 0.2) is 18.2 Å². The number of terminal acetylenes is 1. The molecule has 20 heavy (non-hydrogen) atoms. The summed E-state index contributed by atoms with van der Waals surface area (Å²) < 4.78 is 5.05. The molecule has 0 bridgehead atoms. The van der Waals surface area contributed by atoms with Crippen LogP contribution < -0.4 is 15.4 Å². The van der Waals surface area contributed by atoms with Gasteiger partial charge in [0, 0.05) is 11.4 Å². The van der Waals surface area contributed by atoms with Crippen LogP contribution in [0.4, 0.5) is 10.5 Å². The standard InChI is InChI=1S/C13H13ClN2O4/c1-3-4-9(12(17)18)15-13(19)16-10-7-8(14)5-6-11(10)20-2/h1,5-7,9H,4H2,2H3,(H,17,18)(H2,15,16,19). The lowest BCUT2D eigenvalue weighted by atomic mass is 10.2. The van der Waals surface area contributed by atoms with E-state index in [1.54, 1.807) is 12.1 Å². The van der Waals surface area contributed by atoms with Crippen molar-refractivity contribution in [3.05, 3.63) is 23.2 Å². The van der Waals surface area contributed by atoms with Gasteiger partial charge in [-0.25, -0.2) is 9.59 Å². The van der Waals surface area contributed by atoms with Crippen molar-refractivity contribution >= 4 is 29.3 Å². The van der Waals surface area contributed by atoms with Gasteiger partial charge >= 0.3 is 12.0 Å². The average molecular weight is 297 g/mol. The summed E-state index contributed by atoms with van der Waals surface area (Å²) in [5, 5.41) is 14.0. The number of amides is 2. The molecule has 0 spiro atoms. The molecule has 1 aromatic carbocycles. The average Bonchev–Trinajstić information content (AvgIpc) is 2.38. The maximum absolute atomic E-state index is 11.7. The molecule has 0 aliphatic heterocycles. The monoisotopic (exact) mass is 296 g/mol. The second-order valence-electron chi connectivity index (χ2n) is 3.74. The molecule has 106 valence electrons. The van der Waals surface area contributed by atoms with Gasteiger partial charge in [-0.2, -0.15) is 0 Å². The number of urea groups is 1. The third kappa shape index (κ3) is 4.37. The molecule has 1 rings (SSSR count). The Labute approximate surface area is 121 Å². The van der Waals surface area contributed by atoms with Crippen LogP contribution in [0, 0.1) is 12.3 Å². The summed E-state index contributed by atoms with van der Waals surface area (Å²) in [4.78, 5) is 22.6. The van der Waals surface area contributed by atoms with E-state index < -0.39 is 18.0 Å². The highest BCUT2D eigenvalue weighted by molar-refractivity contribution is 6.31. The Hall–Kier alpha value is -2.39. The van der Waals surface area contributed by atoms with Gasteiger partial charge in [-0.05, 0) is 18.2 Å². The molecule has 1 aromatic rings. The van der Waals surface area contributed by atoms with E-state index in [4.69, 9.17) is 27.9 Å². The third-order valence-electron chi connectivity index (χ3n) is 2.34. The Balaban J connectivity index is 2.78. The fourth-order valence-electron chi connectivity index (χ4n) is 1.41. The van der Waals surface area contributed by atoms with Gasteiger partial charge in [-0.3, -0.25) is 0 Å². The molecule has 0 fully saturated rings. The molecule has 6 nitrogen and oxygen atoms in total. The van der Waals surface area contributed by atoms with Crippen LogP contribution in [0.1, 0.15) is 6.42 Å².